The van der Waals surface area contributed by atoms with Crippen LogP contribution in [0.5, 0.6) is 0 Å². The monoisotopic (exact) mass is 634 g/mol. The summed E-state index contributed by atoms with van der Waals surface area (Å²) in [5, 5.41) is 2.53. The maximum atomic E-state index is 4.88. The zero-order valence-electron chi connectivity index (χ0n) is 20.3. The first-order valence-corrected chi connectivity index (χ1v) is 13.5. The molecule has 1 spiro atoms. The minimum absolute atomic E-state index is 0. The quantitative estimate of drug-likeness (QED) is 0.181. The normalized spacial score (nSPS) is 29.0. The van der Waals surface area contributed by atoms with E-state index in [0.29, 0.717) is 0 Å². The van der Waals surface area contributed by atoms with Gasteiger partial charge in [0, 0.05) is 26.5 Å². The van der Waals surface area contributed by atoms with E-state index in [-0.39, 0.29) is 26.5 Å². The van der Waals surface area contributed by atoms with Gasteiger partial charge in [-0.2, -0.15) is 0 Å². The van der Waals surface area contributed by atoms with Gasteiger partial charge in [-0.15, -0.1) is 11.0 Å². The zero-order chi connectivity index (χ0) is 22.7. The molecule has 10 rings (SSSR count). The number of hydrogen-bond donors (Lipinski definition) is 0. The van der Waals surface area contributed by atoms with E-state index in [0.717, 1.165) is 34.7 Å². The SMILES string of the molecule is [W].c1ccc2c(c1)-c1c(-c3ccc4[n-]c5ccccc5c4c3)cccc1C21C2CC3CC(C2)CC1C3. The van der Waals surface area contributed by atoms with Crippen molar-refractivity contribution in [3.8, 4) is 22.3 Å². The van der Waals surface area contributed by atoms with E-state index in [1.54, 1.807) is 11.1 Å². The summed E-state index contributed by atoms with van der Waals surface area (Å²) in [5.41, 5.74) is 11.4. The standard InChI is InChI=1S/C34H28N.W/c1-3-9-29-27(7-1)33-25(22-12-13-32-28(19-22)26-6-2-4-11-31(26)35-32)8-5-10-30(33)34(29)23-15-20-14-21(17-23)18-24(34)16-20;/h1-13,19-21,23-24H,14-18H2;/q-1;. The smallest absolute Gasteiger partial charge is 0.0272 e. The van der Waals surface area contributed by atoms with Crippen molar-refractivity contribution in [1.82, 2.24) is 4.98 Å². The molecule has 0 atom stereocenters. The third-order valence-corrected chi connectivity index (χ3v) is 10.3. The molecule has 36 heavy (non-hydrogen) atoms. The number of para-hydroxylation sites is 1. The molecule has 4 fully saturated rings. The van der Waals surface area contributed by atoms with Crippen molar-refractivity contribution in [2.24, 2.45) is 23.7 Å². The molecule has 5 aliphatic rings. The molecule has 0 unspecified atom stereocenters. The molecule has 1 nitrogen and oxygen atoms in total. The van der Waals surface area contributed by atoms with E-state index in [1.807, 2.05) is 0 Å². The predicted octanol–water partition coefficient (Wildman–Crippen LogP) is 8.34. The van der Waals surface area contributed by atoms with Gasteiger partial charge < -0.3 is 4.98 Å². The predicted molar refractivity (Wildman–Crippen MR) is 143 cm³/mol. The van der Waals surface area contributed by atoms with Gasteiger partial charge in [0.25, 0.3) is 0 Å². The van der Waals surface area contributed by atoms with Crippen molar-refractivity contribution in [3.63, 3.8) is 0 Å². The first-order valence-electron chi connectivity index (χ1n) is 13.5. The first-order chi connectivity index (χ1) is 17.3. The number of hydrogen-bond acceptors (Lipinski definition) is 0. The molecule has 0 amide bonds. The summed E-state index contributed by atoms with van der Waals surface area (Å²) in [6.45, 7) is 0. The van der Waals surface area contributed by atoms with Crippen LogP contribution in [0, 0.1) is 23.7 Å². The zero-order valence-corrected chi connectivity index (χ0v) is 23.2. The van der Waals surface area contributed by atoms with Crippen LogP contribution in [0.3, 0.4) is 0 Å². The molecule has 0 aliphatic heterocycles. The first kappa shape index (κ1) is 21.5. The van der Waals surface area contributed by atoms with Gasteiger partial charge in [-0.1, -0.05) is 78.9 Å². The van der Waals surface area contributed by atoms with Crippen LogP contribution in [0.2, 0.25) is 0 Å². The summed E-state index contributed by atoms with van der Waals surface area (Å²) in [7, 11) is 0. The van der Waals surface area contributed by atoms with E-state index in [2.05, 4.69) is 84.9 Å². The van der Waals surface area contributed by atoms with Crippen LogP contribution >= 0.6 is 0 Å². The summed E-state index contributed by atoms with van der Waals surface area (Å²) in [5.74, 6) is 3.57. The van der Waals surface area contributed by atoms with Gasteiger partial charge in [0.05, 0.1) is 0 Å². The topological polar surface area (TPSA) is 14.1 Å². The van der Waals surface area contributed by atoms with E-state index < -0.39 is 0 Å². The van der Waals surface area contributed by atoms with Crippen molar-refractivity contribution in [3.05, 3.63) is 96.1 Å². The van der Waals surface area contributed by atoms with Crippen LogP contribution in [0.25, 0.3) is 44.1 Å². The fourth-order valence-electron chi connectivity index (χ4n) is 9.39. The van der Waals surface area contributed by atoms with E-state index in [9.17, 15) is 0 Å². The minimum atomic E-state index is 0. The summed E-state index contributed by atoms with van der Waals surface area (Å²) < 4.78 is 0. The number of aromatic nitrogens is 1. The van der Waals surface area contributed by atoms with E-state index in [1.165, 1.54) is 65.1 Å². The van der Waals surface area contributed by atoms with Crippen LogP contribution < -0.4 is 4.98 Å². The molecular formula is C34H28NW-. The Morgan fingerprint density at radius 3 is 2.08 bits per heavy atom. The Bertz CT molecular complexity index is 1650. The summed E-state index contributed by atoms with van der Waals surface area (Å²) in [6.07, 6.45) is 7.23. The largest absolute Gasteiger partial charge is 0.657 e. The van der Waals surface area contributed by atoms with Crippen LogP contribution in [-0.4, -0.2) is 0 Å². The van der Waals surface area contributed by atoms with Gasteiger partial charge in [0.15, 0.2) is 0 Å². The molecule has 176 valence electrons. The molecule has 0 N–H and O–H groups in total. The van der Waals surface area contributed by atoms with E-state index >= 15 is 0 Å². The number of fused-ring (bicyclic) bond motifs is 6. The van der Waals surface area contributed by atoms with Gasteiger partial charge in [-0.25, -0.2) is 0 Å². The van der Waals surface area contributed by atoms with Gasteiger partial charge in [0.1, 0.15) is 0 Å². The second-order valence-corrected chi connectivity index (χ2v) is 11.8. The summed E-state index contributed by atoms with van der Waals surface area (Å²) >= 11 is 0. The maximum Gasteiger partial charge on any atom is 0.0272 e. The van der Waals surface area contributed by atoms with Crippen LogP contribution in [0.15, 0.2) is 84.9 Å². The fourth-order valence-corrected chi connectivity index (χ4v) is 9.39. The van der Waals surface area contributed by atoms with Crippen molar-refractivity contribution in [2.45, 2.75) is 37.5 Å². The molecular weight excluding hydrogens is 606 g/mol. The minimum Gasteiger partial charge on any atom is -0.657 e. The van der Waals surface area contributed by atoms with Crippen molar-refractivity contribution in [1.29, 1.82) is 0 Å². The molecule has 4 saturated carbocycles. The second kappa shape index (κ2) is 7.45. The van der Waals surface area contributed by atoms with Gasteiger partial charge in [-0.05, 0) is 106 Å². The number of nitrogens with zero attached hydrogens (tertiary/aromatic N) is 1. The second-order valence-electron chi connectivity index (χ2n) is 11.8. The fraction of sp³-hybridized carbons (Fsp3) is 0.294. The maximum absolute atomic E-state index is 4.88. The Morgan fingerprint density at radius 2 is 1.25 bits per heavy atom. The average Bonchev–Trinajstić information content (AvgIpc) is 3.41. The third-order valence-electron chi connectivity index (χ3n) is 10.3. The summed E-state index contributed by atoms with van der Waals surface area (Å²) in [4.78, 5) is 4.88. The molecule has 2 heteroatoms. The van der Waals surface area contributed by atoms with Crippen molar-refractivity contribution in [2.75, 3.05) is 0 Å². The Kier molecular flexibility index (Phi) is 4.44. The summed E-state index contributed by atoms with van der Waals surface area (Å²) in [6, 6.07) is 32.1. The number of rotatable bonds is 1. The molecule has 5 aromatic rings. The molecule has 0 radical (unpaired) electrons. The molecule has 4 bridgehead atoms. The van der Waals surface area contributed by atoms with Gasteiger partial charge >= 0.3 is 0 Å². The van der Waals surface area contributed by atoms with Crippen LogP contribution in [0.1, 0.15) is 43.2 Å². The van der Waals surface area contributed by atoms with Gasteiger partial charge in [0.2, 0.25) is 0 Å². The van der Waals surface area contributed by atoms with Crippen molar-refractivity contribution < 1.29 is 21.1 Å². The molecule has 0 saturated heterocycles. The Morgan fingerprint density at radius 1 is 0.583 bits per heavy atom. The average molecular weight is 634 g/mol. The Labute approximate surface area is 226 Å². The molecule has 1 aromatic heterocycles. The molecule has 5 aliphatic carbocycles. The third kappa shape index (κ3) is 2.56. The van der Waals surface area contributed by atoms with Crippen LogP contribution in [0.4, 0.5) is 0 Å². The molecule has 1 heterocycles. The van der Waals surface area contributed by atoms with E-state index in [4.69, 9.17) is 4.98 Å². The van der Waals surface area contributed by atoms with Crippen molar-refractivity contribution >= 4 is 21.8 Å². The molecule has 4 aromatic carbocycles. The Balaban J connectivity index is 0.00000205. The Hall–Kier alpha value is -2.63. The van der Waals surface area contributed by atoms with Crippen LogP contribution in [-0.2, 0) is 26.5 Å². The van der Waals surface area contributed by atoms with Gasteiger partial charge in [-0.3, -0.25) is 0 Å². The number of benzene rings is 4.